The number of carbonyl (C=O) groups is 2. The largest absolute Gasteiger partial charge is 0.486 e. The summed E-state index contributed by atoms with van der Waals surface area (Å²) in [7, 11) is 0. The molecule has 1 aromatic rings. The van der Waals surface area contributed by atoms with E-state index < -0.39 is 0 Å². The summed E-state index contributed by atoms with van der Waals surface area (Å²) >= 11 is 0. The monoisotopic (exact) mass is 331 g/mol. The van der Waals surface area contributed by atoms with Crippen molar-refractivity contribution in [1.82, 2.24) is 10.2 Å². The van der Waals surface area contributed by atoms with Gasteiger partial charge in [-0.05, 0) is 18.7 Å². The molecule has 24 heavy (non-hydrogen) atoms. The van der Waals surface area contributed by atoms with Crippen LogP contribution < -0.4 is 20.1 Å². The van der Waals surface area contributed by atoms with Crippen LogP contribution in [0.1, 0.15) is 6.92 Å². The van der Waals surface area contributed by atoms with Crippen LogP contribution in [0.4, 0.5) is 5.69 Å². The van der Waals surface area contributed by atoms with Gasteiger partial charge in [-0.3, -0.25) is 14.5 Å². The van der Waals surface area contributed by atoms with Crippen LogP contribution in [0, 0.1) is 12.3 Å². The van der Waals surface area contributed by atoms with E-state index in [4.69, 9.17) is 15.9 Å². The number of rotatable bonds is 7. The van der Waals surface area contributed by atoms with E-state index in [2.05, 4.69) is 16.6 Å². The number of hydrogen-bond acceptors (Lipinski definition) is 5. The predicted octanol–water partition coefficient (Wildman–Crippen LogP) is 0.468. The summed E-state index contributed by atoms with van der Waals surface area (Å²) < 4.78 is 10.9. The van der Waals surface area contributed by atoms with E-state index in [1.807, 2.05) is 6.92 Å². The van der Waals surface area contributed by atoms with Crippen molar-refractivity contribution in [2.75, 3.05) is 44.7 Å². The number of carbonyl (C=O) groups excluding carboxylic acids is 2. The first-order chi connectivity index (χ1) is 11.6. The molecular formula is C17H21N3O4. The number of anilines is 1. The number of fused-ring (bicyclic) bond motifs is 1. The lowest BCUT2D eigenvalue weighted by Crippen LogP contribution is -2.41. The second-order valence-corrected chi connectivity index (χ2v) is 5.19. The summed E-state index contributed by atoms with van der Waals surface area (Å²) in [6.45, 7) is 3.86. The van der Waals surface area contributed by atoms with Crippen molar-refractivity contribution >= 4 is 17.5 Å². The molecule has 1 aliphatic heterocycles. The average molecular weight is 331 g/mol. The summed E-state index contributed by atoms with van der Waals surface area (Å²) in [4.78, 5) is 25.5. The molecule has 1 aromatic carbocycles. The normalized spacial score (nSPS) is 12.4. The van der Waals surface area contributed by atoms with Crippen molar-refractivity contribution in [3.05, 3.63) is 18.2 Å². The minimum absolute atomic E-state index is 0.106. The molecule has 2 amide bonds. The molecule has 0 saturated carbocycles. The van der Waals surface area contributed by atoms with Gasteiger partial charge in [-0.1, -0.05) is 12.8 Å². The van der Waals surface area contributed by atoms with Crippen molar-refractivity contribution in [3.63, 3.8) is 0 Å². The number of nitrogens with zero attached hydrogens (tertiary/aromatic N) is 1. The van der Waals surface area contributed by atoms with Gasteiger partial charge < -0.3 is 20.1 Å². The Hall–Kier alpha value is -2.72. The topological polar surface area (TPSA) is 79.9 Å². The molecule has 7 nitrogen and oxygen atoms in total. The quantitative estimate of drug-likeness (QED) is 0.710. The van der Waals surface area contributed by atoms with Crippen molar-refractivity contribution < 1.29 is 19.1 Å². The summed E-state index contributed by atoms with van der Waals surface area (Å²) in [6.07, 6.45) is 5.09. The predicted molar refractivity (Wildman–Crippen MR) is 90.0 cm³/mol. The lowest BCUT2D eigenvalue weighted by Gasteiger charge is -2.20. The van der Waals surface area contributed by atoms with Crippen LogP contribution in [0.5, 0.6) is 11.5 Å². The van der Waals surface area contributed by atoms with E-state index in [9.17, 15) is 9.59 Å². The molecule has 0 aliphatic carbocycles. The number of likely N-dealkylation sites (N-methyl/N-ethyl adjacent to an activating group) is 1. The third kappa shape index (κ3) is 5.18. The molecule has 0 radical (unpaired) electrons. The highest BCUT2D eigenvalue weighted by molar-refractivity contribution is 5.93. The van der Waals surface area contributed by atoms with Crippen LogP contribution in [-0.4, -0.2) is 56.1 Å². The zero-order valence-electron chi connectivity index (χ0n) is 13.6. The lowest BCUT2D eigenvalue weighted by atomic mass is 10.2. The second kappa shape index (κ2) is 8.79. The molecule has 2 N–H and O–H groups in total. The highest BCUT2D eigenvalue weighted by Gasteiger charge is 2.15. The first kappa shape index (κ1) is 17.6. The van der Waals surface area contributed by atoms with Gasteiger partial charge in [-0.2, -0.15) is 0 Å². The Morgan fingerprint density at radius 3 is 2.62 bits per heavy atom. The zero-order valence-corrected chi connectivity index (χ0v) is 13.6. The Bertz CT molecular complexity index is 639. The van der Waals surface area contributed by atoms with E-state index in [-0.39, 0.29) is 31.4 Å². The Morgan fingerprint density at radius 1 is 1.21 bits per heavy atom. The Morgan fingerprint density at radius 2 is 1.92 bits per heavy atom. The molecule has 0 aromatic heterocycles. The fourth-order valence-corrected chi connectivity index (χ4v) is 2.21. The van der Waals surface area contributed by atoms with E-state index in [0.717, 1.165) is 0 Å². The minimum atomic E-state index is -0.210. The summed E-state index contributed by atoms with van der Waals surface area (Å²) in [6, 6.07) is 5.23. The van der Waals surface area contributed by atoms with E-state index >= 15 is 0 Å². The van der Waals surface area contributed by atoms with Gasteiger partial charge >= 0.3 is 0 Å². The van der Waals surface area contributed by atoms with Gasteiger partial charge in [0.25, 0.3) is 0 Å². The molecule has 2 rings (SSSR count). The lowest BCUT2D eigenvalue weighted by molar-refractivity contribution is -0.123. The number of benzene rings is 1. The average Bonchev–Trinajstić information content (AvgIpc) is 2.59. The Labute approximate surface area is 141 Å². The smallest absolute Gasteiger partial charge is 0.238 e. The second-order valence-electron chi connectivity index (χ2n) is 5.19. The van der Waals surface area contributed by atoms with Crippen molar-refractivity contribution in [2.45, 2.75) is 6.92 Å². The fourth-order valence-electron chi connectivity index (χ4n) is 2.21. The van der Waals surface area contributed by atoms with Crippen molar-refractivity contribution in [3.8, 4) is 23.8 Å². The molecule has 0 saturated heterocycles. The SMILES string of the molecule is C#CCNC(=O)CN(CC)CC(=O)Nc1ccc2c(c1)OCCO2. The molecule has 7 heteroatoms. The number of terminal acetylenes is 1. The number of nitrogens with one attached hydrogen (secondary N) is 2. The van der Waals surface area contributed by atoms with Crippen molar-refractivity contribution in [1.29, 1.82) is 0 Å². The molecule has 0 atom stereocenters. The van der Waals surface area contributed by atoms with Crippen LogP contribution in [-0.2, 0) is 9.59 Å². The summed E-state index contributed by atoms with van der Waals surface area (Å²) in [5, 5.41) is 5.37. The van der Waals surface area contributed by atoms with Gasteiger partial charge in [0.15, 0.2) is 11.5 Å². The van der Waals surface area contributed by atoms with Gasteiger partial charge in [0.1, 0.15) is 13.2 Å². The molecule has 128 valence electrons. The first-order valence-electron chi connectivity index (χ1n) is 7.74. The third-order valence-corrected chi connectivity index (χ3v) is 3.40. The fraction of sp³-hybridized carbons (Fsp3) is 0.412. The maximum absolute atomic E-state index is 12.2. The van der Waals surface area contributed by atoms with Crippen LogP contribution >= 0.6 is 0 Å². The van der Waals surface area contributed by atoms with Gasteiger partial charge in [0, 0.05) is 11.8 Å². The number of ether oxygens (including phenoxy) is 2. The number of hydrogen-bond donors (Lipinski definition) is 2. The molecule has 0 bridgehead atoms. The van der Waals surface area contributed by atoms with Gasteiger partial charge in [0.2, 0.25) is 11.8 Å². The van der Waals surface area contributed by atoms with Crippen LogP contribution in [0.3, 0.4) is 0 Å². The van der Waals surface area contributed by atoms with Crippen LogP contribution in [0.25, 0.3) is 0 Å². The molecule has 0 spiro atoms. The number of amides is 2. The van der Waals surface area contributed by atoms with Crippen molar-refractivity contribution in [2.24, 2.45) is 0 Å². The Balaban J connectivity index is 1.87. The van der Waals surface area contributed by atoms with Crippen LogP contribution in [0.15, 0.2) is 18.2 Å². The van der Waals surface area contributed by atoms with E-state index in [0.29, 0.717) is 36.9 Å². The zero-order chi connectivity index (χ0) is 17.4. The minimum Gasteiger partial charge on any atom is -0.486 e. The molecule has 0 unspecified atom stereocenters. The highest BCUT2D eigenvalue weighted by Crippen LogP contribution is 2.32. The van der Waals surface area contributed by atoms with Gasteiger partial charge in [0.05, 0.1) is 19.6 Å². The molecule has 1 aliphatic rings. The molecule has 0 fully saturated rings. The van der Waals surface area contributed by atoms with E-state index in [1.165, 1.54) is 0 Å². The van der Waals surface area contributed by atoms with Crippen LogP contribution in [0.2, 0.25) is 0 Å². The van der Waals surface area contributed by atoms with Gasteiger partial charge in [-0.15, -0.1) is 6.42 Å². The third-order valence-electron chi connectivity index (χ3n) is 3.40. The maximum atomic E-state index is 12.2. The Kier molecular flexibility index (Phi) is 6.46. The summed E-state index contributed by atoms with van der Waals surface area (Å²) in [5.74, 6) is 3.20. The van der Waals surface area contributed by atoms with E-state index in [1.54, 1.807) is 23.1 Å². The maximum Gasteiger partial charge on any atom is 0.238 e. The molecule has 1 heterocycles. The first-order valence-corrected chi connectivity index (χ1v) is 7.74. The molecular weight excluding hydrogens is 310 g/mol. The standard InChI is InChI=1S/C17H21N3O4/c1-3-7-18-16(21)11-20(4-2)12-17(22)19-13-5-6-14-15(10-13)24-9-8-23-14/h1,5-6,10H,4,7-9,11-12H2,2H3,(H,18,21)(H,19,22). The summed E-state index contributed by atoms with van der Waals surface area (Å²) in [5.41, 5.74) is 0.622. The highest BCUT2D eigenvalue weighted by atomic mass is 16.6. The van der Waals surface area contributed by atoms with Gasteiger partial charge in [-0.25, -0.2) is 0 Å².